The largest absolute Gasteiger partial charge is 0.326 e. The molecule has 0 spiro atoms. The number of rotatable bonds is 7. The Bertz CT molecular complexity index is 1320. The first-order valence-electron chi connectivity index (χ1n) is 10.2. The number of benzene rings is 3. The van der Waals surface area contributed by atoms with Crippen LogP contribution in [0.4, 0.5) is 20.2 Å². The van der Waals surface area contributed by atoms with E-state index in [0.29, 0.717) is 22.2 Å². The Kier molecular flexibility index (Phi) is 6.98. The molecule has 7 nitrogen and oxygen atoms in total. The molecule has 0 aliphatic rings. The van der Waals surface area contributed by atoms with Gasteiger partial charge in [0.15, 0.2) is 11.0 Å². The number of nitrogens with zero attached hydrogens (tertiary/aromatic N) is 3. The number of anilines is 2. The van der Waals surface area contributed by atoms with Gasteiger partial charge in [-0.2, -0.15) is 0 Å². The molecule has 1 aromatic heterocycles. The van der Waals surface area contributed by atoms with Crippen molar-refractivity contribution in [3.63, 3.8) is 0 Å². The van der Waals surface area contributed by atoms with Gasteiger partial charge in [-0.3, -0.25) is 14.2 Å². The molecule has 0 fully saturated rings. The van der Waals surface area contributed by atoms with Crippen LogP contribution in [-0.4, -0.2) is 32.3 Å². The fourth-order valence-corrected chi connectivity index (χ4v) is 3.92. The smallest absolute Gasteiger partial charge is 0.234 e. The lowest BCUT2D eigenvalue weighted by atomic mass is 10.2. The topological polar surface area (TPSA) is 88.9 Å². The molecule has 0 aliphatic heterocycles. The monoisotopic (exact) mass is 479 g/mol. The van der Waals surface area contributed by atoms with Gasteiger partial charge >= 0.3 is 0 Å². The fourth-order valence-electron chi connectivity index (χ4n) is 3.17. The van der Waals surface area contributed by atoms with Crippen LogP contribution in [0.5, 0.6) is 0 Å². The minimum Gasteiger partial charge on any atom is -0.326 e. The van der Waals surface area contributed by atoms with E-state index in [2.05, 4.69) is 20.8 Å². The van der Waals surface area contributed by atoms with Gasteiger partial charge in [-0.25, -0.2) is 8.78 Å². The Labute approximate surface area is 198 Å². The van der Waals surface area contributed by atoms with E-state index in [1.165, 1.54) is 37.3 Å². The zero-order valence-corrected chi connectivity index (χ0v) is 18.8. The van der Waals surface area contributed by atoms with Gasteiger partial charge in [0.05, 0.1) is 11.3 Å². The van der Waals surface area contributed by atoms with Gasteiger partial charge in [-0.15, -0.1) is 10.2 Å². The number of aromatic nitrogens is 3. The van der Waals surface area contributed by atoms with Gasteiger partial charge in [-0.05, 0) is 60.7 Å². The fraction of sp³-hybridized carbons (Fsp3) is 0.0833. The van der Waals surface area contributed by atoms with Gasteiger partial charge in [0.1, 0.15) is 11.6 Å². The molecule has 0 radical (unpaired) electrons. The third-order valence-electron chi connectivity index (χ3n) is 4.65. The van der Waals surface area contributed by atoms with Crippen LogP contribution in [0.15, 0.2) is 78.0 Å². The van der Waals surface area contributed by atoms with Crippen molar-refractivity contribution >= 4 is 35.0 Å². The van der Waals surface area contributed by atoms with Crippen LogP contribution in [0.25, 0.3) is 17.1 Å². The quantitative estimate of drug-likeness (QED) is 0.368. The molecule has 4 aromatic rings. The van der Waals surface area contributed by atoms with Crippen molar-refractivity contribution in [2.24, 2.45) is 0 Å². The summed E-state index contributed by atoms with van der Waals surface area (Å²) < 4.78 is 29.5. The van der Waals surface area contributed by atoms with E-state index in [4.69, 9.17) is 0 Å². The highest BCUT2D eigenvalue weighted by molar-refractivity contribution is 7.99. The molecule has 3 aromatic carbocycles. The summed E-state index contributed by atoms with van der Waals surface area (Å²) in [7, 11) is 0. The number of hydrogen-bond donors (Lipinski definition) is 2. The number of thioether (sulfide) groups is 1. The second-order valence-electron chi connectivity index (χ2n) is 7.19. The number of hydrogen-bond acceptors (Lipinski definition) is 5. The minimum absolute atomic E-state index is 0.00402. The number of carbonyl (C=O) groups is 2. The number of amides is 2. The number of nitrogens with one attached hydrogen (secondary N) is 2. The SMILES string of the molecule is CC(=O)Nc1ccc(NC(=O)CSc2nnc(-c3ccccc3F)n2-c2ccc(F)cc2)cc1. The van der Waals surface area contributed by atoms with Crippen molar-refractivity contribution in [3.8, 4) is 17.1 Å². The lowest BCUT2D eigenvalue weighted by Gasteiger charge is -2.11. The normalized spacial score (nSPS) is 10.7. The Morgan fingerprint density at radius 3 is 2.18 bits per heavy atom. The van der Waals surface area contributed by atoms with Gasteiger partial charge in [-0.1, -0.05) is 23.9 Å². The molecule has 0 saturated carbocycles. The molecule has 2 N–H and O–H groups in total. The van der Waals surface area contributed by atoms with E-state index in [0.717, 1.165) is 11.8 Å². The maximum atomic E-state index is 14.5. The van der Waals surface area contributed by atoms with E-state index in [1.807, 2.05) is 0 Å². The van der Waals surface area contributed by atoms with Crippen molar-refractivity contribution in [1.82, 2.24) is 14.8 Å². The highest BCUT2D eigenvalue weighted by Crippen LogP contribution is 2.29. The van der Waals surface area contributed by atoms with Crippen LogP contribution in [0.3, 0.4) is 0 Å². The van der Waals surface area contributed by atoms with Crippen molar-refractivity contribution in [3.05, 3.63) is 84.4 Å². The zero-order chi connectivity index (χ0) is 24.1. The van der Waals surface area contributed by atoms with Crippen LogP contribution < -0.4 is 10.6 Å². The predicted octanol–water partition coefficient (Wildman–Crippen LogP) is 4.90. The average Bonchev–Trinajstić information content (AvgIpc) is 3.23. The lowest BCUT2D eigenvalue weighted by Crippen LogP contribution is -2.14. The second kappa shape index (κ2) is 10.3. The molecule has 0 unspecified atom stereocenters. The van der Waals surface area contributed by atoms with Crippen LogP contribution in [0.1, 0.15) is 6.92 Å². The van der Waals surface area contributed by atoms with Crippen LogP contribution in [0.2, 0.25) is 0 Å². The lowest BCUT2D eigenvalue weighted by molar-refractivity contribution is -0.114. The summed E-state index contributed by atoms with van der Waals surface area (Å²) in [5.74, 6) is -1.13. The van der Waals surface area contributed by atoms with E-state index in [9.17, 15) is 18.4 Å². The molecule has 34 heavy (non-hydrogen) atoms. The summed E-state index contributed by atoms with van der Waals surface area (Å²) >= 11 is 1.11. The minimum atomic E-state index is -0.477. The highest BCUT2D eigenvalue weighted by atomic mass is 32.2. The first kappa shape index (κ1) is 23.1. The Morgan fingerprint density at radius 1 is 0.882 bits per heavy atom. The average molecular weight is 480 g/mol. The number of halogens is 2. The molecule has 172 valence electrons. The maximum Gasteiger partial charge on any atom is 0.234 e. The summed E-state index contributed by atoms with van der Waals surface area (Å²) in [5.41, 5.74) is 1.94. The van der Waals surface area contributed by atoms with E-state index in [1.54, 1.807) is 47.0 Å². The molecule has 0 atom stereocenters. The molecule has 1 heterocycles. The van der Waals surface area contributed by atoms with Gasteiger partial charge in [0, 0.05) is 24.0 Å². The zero-order valence-electron chi connectivity index (χ0n) is 18.0. The van der Waals surface area contributed by atoms with E-state index >= 15 is 0 Å². The molecule has 10 heteroatoms. The van der Waals surface area contributed by atoms with E-state index in [-0.39, 0.29) is 29.0 Å². The van der Waals surface area contributed by atoms with Crippen molar-refractivity contribution < 1.29 is 18.4 Å². The van der Waals surface area contributed by atoms with Gasteiger partial charge < -0.3 is 10.6 Å². The summed E-state index contributed by atoms with van der Waals surface area (Å²) in [5, 5.41) is 14.0. The molecule has 0 aliphatic carbocycles. The number of carbonyl (C=O) groups excluding carboxylic acids is 2. The van der Waals surface area contributed by atoms with Crippen LogP contribution in [-0.2, 0) is 9.59 Å². The highest BCUT2D eigenvalue weighted by Gasteiger charge is 2.19. The van der Waals surface area contributed by atoms with Crippen molar-refractivity contribution in [2.45, 2.75) is 12.1 Å². The van der Waals surface area contributed by atoms with Gasteiger partial charge in [0.25, 0.3) is 0 Å². The van der Waals surface area contributed by atoms with Crippen LogP contribution in [0, 0.1) is 11.6 Å². The molecule has 0 saturated heterocycles. The molecular weight excluding hydrogens is 460 g/mol. The molecule has 4 rings (SSSR count). The Morgan fingerprint density at radius 2 is 1.53 bits per heavy atom. The summed E-state index contributed by atoms with van der Waals surface area (Å²) in [4.78, 5) is 23.6. The molecule has 2 amide bonds. The standard InChI is InChI=1S/C24H19F2N5O2S/c1-15(32)27-17-8-10-18(11-9-17)28-22(33)14-34-24-30-29-23(20-4-2-3-5-21(20)26)31(24)19-12-6-16(25)7-13-19/h2-13H,14H2,1H3,(H,27,32)(H,28,33). The third-order valence-corrected chi connectivity index (χ3v) is 5.58. The summed E-state index contributed by atoms with van der Waals surface area (Å²) in [6.07, 6.45) is 0. The Hall–Kier alpha value is -4.05. The Balaban J connectivity index is 1.54. The second-order valence-corrected chi connectivity index (χ2v) is 8.14. The van der Waals surface area contributed by atoms with Crippen LogP contribution >= 0.6 is 11.8 Å². The maximum absolute atomic E-state index is 14.5. The third kappa shape index (κ3) is 5.46. The first-order valence-corrected chi connectivity index (χ1v) is 11.2. The van der Waals surface area contributed by atoms with Crippen molar-refractivity contribution in [2.75, 3.05) is 16.4 Å². The van der Waals surface area contributed by atoms with Gasteiger partial charge in [0.2, 0.25) is 11.8 Å². The van der Waals surface area contributed by atoms with E-state index < -0.39 is 11.6 Å². The first-order chi connectivity index (χ1) is 16.4. The summed E-state index contributed by atoms with van der Waals surface area (Å²) in [6.45, 7) is 1.41. The molecular formula is C24H19F2N5O2S. The predicted molar refractivity (Wildman–Crippen MR) is 127 cm³/mol. The van der Waals surface area contributed by atoms with Crippen molar-refractivity contribution in [1.29, 1.82) is 0 Å². The summed E-state index contributed by atoms with van der Waals surface area (Å²) in [6, 6.07) is 18.5. The molecule has 0 bridgehead atoms.